The first-order chi connectivity index (χ1) is 20.7. The van der Waals surface area contributed by atoms with Crippen molar-refractivity contribution < 1.29 is 23.8 Å². The second-order valence-corrected chi connectivity index (χ2v) is 14.6. The fourth-order valence-electron chi connectivity index (χ4n) is 10.5. The standard InChI is InChI=1S/C38H50O5/c1-25(15-20-35(39)41-4)31-18-19-32-30-17-16-27-23-29(43-36(40)26-11-7-5-8-12-26)21-22-37(27,2)33(30)24-34(38(31,32)3)42-28-13-9-6-10-14-28/h5-14,25,27,29-34H,15-24H2,1-4H3/t25-,27+,29-,30-,31-,32+,33+,34-,37-,38+/m0/s1. The first kappa shape index (κ1) is 30.2. The summed E-state index contributed by atoms with van der Waals surface area (Å²) in [5, 5.41) is 0. The molecule has 4 aliphatic rings. The van der Waals surface area contributed by atoms with Crippen LogP contribution in [-0.2, 0) is 14.3 Å². The van der Waals surface area contributed by atoms with E-state index in [1.54, 1.807) is 0 Å². The van der Waals surface area contributed by atoms with E-state index in [0.29, 0.717) is 47.5 Å². The van der Waals surface area contributed by atoms with Crippen molar-refractivity contribution in [3.05, 3.63) is 66.2 Å². The quantitative estimate of drug-likeness (QED) is 0.290. The lowest BCUT2D eigenvalue weighted by Crippen LogP contribution is -2.60. The van der Waals surface area contributed by atoms with Gasteiger partial charge in [-0.25, -0.2) is 4.79 Å². The Kier molecular flexibility index (Phi) is 8.63. The molecule has 0 amide bonds. The molecule has 6 rings (SSSR count). The minimum Gasteiger partial charge on any atom is -0.490 e. The van der Waals surface area contributed by atoms with Gasteiger partial charge in [0.25, 0.3) is 0 Å². The van der Waals surface area contributed by atoms with E-state index in [1.807, 2.05) is 30.3 Å². The summed E-state index contributed by atoms with van der Waals surface area (Å²) in [6.07, 6.45) is 10.5. The molecule has 5 nitrogen and oxygen atoms in total. The zero-order chi connectivity index (χ0) is 30.2. The molecular weight excluding hydrogens is 536 g/mol. The van der Waals surface area contributed by atoms with Crippen LogP contribution in [0, 0.1) is 46.3 Å². The Morgan fingerprint density at radius 1 is 0.884 bits per heavy atom. The molecule has 0 saturated heterocycles. The van der Waals surface area contributed by atoms with Crippen LogP contribution in [0.2, 0.25) is 0 Å². The average molecular weight is 587 g/mol. The molecule has 10 atom stereocenters. The highest BCUT2D eigenvalue weighted by molar-refractivity contribution is 5.89. The van der Waals surface area contributed by atoms with Crippen LogP contribution in [0.3, 0.4) is 0 Å². The van der Waals surface area contributed by atoms with E-state index in [4.69, 9.17) is 14.2 Å². The van der Waals surface area contributed by atoms with Gasteiger partial charge in [0.2, 0.25) is 0 Å². The average Bonchev–Trinajstić information content (AvgIpc) is 3.39. The topological polar surface area (TPSA) is 61.8 Å². The minimum absolute atomic E-state index is 0.000857. The molecule has 0 N–H and O–H groups in total. The summed E-state index contributed by atoms with van der Waals surface area (Å²) in [7, 11) is 1.49. The monoisotopic (exact) mass is 586 g/mol. The Labute approximate surface area is 258 Å². The Balaban J connectivity index is 1.23. The highest BCUT2D eigenvalue weighted by Crippen LogP contribution is 2.69. The third-order valence-electron chi connectivity index (χ3n) is 12.8. The SMILES string of the molecule is COC(=O)CC[C@H](C)[C@@H]1CC[C@@H]2[C@@H]3CC[C@@H]4C[C@@H](OC(=O)c5ccccc5)CC[C@]4(C)[C@@H]3C[C@H](Oc3ccccc3)[C@@]21C. The maximum Gasteiger partial charge on any atom is 0.338 e. The molecular formula is C38H50O5. The molecule has 0 spiro atoms. The summed E-state index contributed by atoms with van der Waals surface area (Å²) in [6.45, 7) is 7.43. The van der Waals surface area contributed by atoms with Crippen molar-refractivity contribution in [2.24, 2.45) is 46.3 Å². The largest absolute Gasteiger partial charge is 0.490 e. The number of hydrogen-bond acceptors (Lipinski definition) is 5. The second kappa shape index (κ2) is 12.3. The molecule has 4 fully saturated rings. The maximum atomic E-state index is 12.9. The molecule has 0 bridgehead atoms. The van der Waals surface area contributed by atoms with Crippen molar-refractivity contribution in [1.29, 1.82) is 0 Å². The van der Waals surface area contributed by atoms with Crippen LogP contribution in [0.5, 0.6) is 5.75 Å². The Morgan fingerprint density at radius 2 is 1.60 bits per heavy atom. The highest BCUT2D eigenvalue weighted by Gasteiger charge is 2.65. The van der Waals surface area contributed by atoms with Crippen LogP contribution in [0.1, 0.15) is 95.3 Å². The van der Waals surface area contributed by atoms with Crippen LogP contribution in [0.15, 0.2) is 60.7 Å². The lowest BCUT2D eigenvalue weighted by molar-refractivity contribution is -0.168. The van der Waals surface area contributed by atoms with E-state index in [-0.39, 0.29) is 35.0 Å². The number of esters is 2. The first-order valence-electron chi connectivity index (χ1n) is 16.8. The third-order valence-corrected chi connectivity index (χ3v) is 12.8. The number of ether oxygens (including phenoxy) is 3. The van der Waals surface area contributed by atoms with E-state index in [2.05, 4.69) is 51.1 Å². The fraction of sp³-hybridized carbons (Fsp3) is 0.632. The summed E-state index contributed by atoms with van der Waals surface area (Å²) >= 11 is 0. The summed E-state index contributed by atoms with van der Waals surface area (Å²) in [5.74, 6) is 4.12. The predicted molar refractivity (Wildman–Crippen MR) is 168 cm³/mol. The molecule has 43 heavy (non-hydrogen) atoms. The summed E-state index contributed by atoms with van der Waals surface area (Å²) in [6, 6.07) is 19.8. The van der Waals surface area contributed by atoms with Crippen LogP contribution >= 0.6 is 0 Å². The highest BCUT2D eigenvalue weighted by atomic mass is 16.5. The van der Waals surface area contributed by atoms with Crippen molar-refractivity contribution in [3.63, 3.8) is 0 Å². The molecule has 232 valence electrons. The number of carbonyl (C=O) groups excluding carboxylic acids is 2. The van der Waals surface area contributed by atoms with Crippen LogP contribution in [0.4, 0.5) is 0 Å². The van der Waals surface area contributed by atoms with E-state index in [9.17, 15) is 9.59 Å². The van der Waals surface area contributed by atoms with Gasteiger partial charge < -0.3 is 14.2 Å². The summed E-state index contributed by atoms with van der Waals surface area (Å²) in [4.78, 5) is 24.9. The lowest BCUT2D eigenvalue weighted by Gasteiger charge is -2.63. The van der Waals surface area contributed by atoms with Gasteiger partial charge in [-0.05, 0) is 123 Å². The number of para-hydroxylation sites is 1. The number of rotatable bonds is 8. The Hall–Kier alpha value is -2.82. The van der Waals surface area contributed by atoms with Crippen molar-refractivity contribution in [2.75, 3.05) is 7.11 Å². The van der Waals surface area contributed by atoms with Crippen LogP contribution in [-0.4, -0.2) is 31.3 Å². The van der Waals surface area contributed by atoms with Gasteiger partial charge in [0.05, 0.1) is 12.7 Å². The van der Waals surface area contributed by atoms with Crippen molar-refractivity contribution in [1.82, 2.24) is 0 Å². The number of carbonyl (C=O) groups is 2. The van der Waals surface area contributed by atoms with Crippen molar-refractivity contribution in [2.45, 2.75) is 97.2 Å². The van der Waals surface area contributed by atoms with Gasteiger partial charge in [0.1, 0.15) is 18.0 Å². The number of fused-ring (bicyclic) bond motifs is 5. The van der Waals surface area contributed by atoms with Crippen LogP contribution in [0.25, 0.3) is 0 Å². The second-order valence-electron chi connectivity index (χ2n) is 14.6. The molecule has 2 aromatic rings. The number of hydrogen-bond donors (Lipinski definition) is 0. The molecule has 5 heteroatoms. The molecule has 0 heterocycles. The van der Waals surface area contributed by atoms with Crippen LogP contribution < -0.4 is 4.74 Å². The maximum absolute atomic E-state index is 12.9. The molecule has 0 aliphatic heterocycles. The fourth-order valence-corrected chi connectivity index (χ4v) is 10.5. The number of benzene rings is 2. The zero-order valence-electron chi connectivity index (χ0n) is 26.5. The van der Waals surface area contributed by atoms with Gasteiger partial charge in [-0.3, -0.25) is 4.79 Å². The predicted octanol–water partition coefficient (Wildman–Crippen LogP) is 8.52. The van der Waals surface area contributed by atoms with Gasteiger partial charge in [0.15, 0.2) is 0 Å². The van der Waals surface area contributed by atoms with Gasteiger partial charge in [-0.1, -0.05) is 57.2 Å². The third kappa shape index (κ3) is 5.62. The Bertz CT molecular complexity index is 1260. The smallest absolute Gasteiger partial charge is 0.338 e. The first-order valence-corrected chi connectivity index (χ1v) is 16.8. The molecule has 4 aliphatic carbocycles. The van der Waals surface area contributed by atoms with Gasteiger partial charge in [0, 0.05) is 11.8 Å². The van der Waals surface area contributed by atoms with Gasteiger partial charge in [-0.2, -0.15) is 0 Å². The molecule has 4 saturated carbocycles. The van der Waals surface area contributed by atoms with Gasteiger partial charge in [-0.15, -0.1) is 0 Å². The summed E-state index contributed by atoms with van der Waals surface area (Å²) in [5.41, 5.74) is 0.939. The molecule has 0 aromatic heterocycles. The molecule has 2 aromatic carbocycles. The normalized spacial score (nSPS) is 37.3. The van der Waals surface area contributed by atoms with E-state index in [1.165, 1.54) is 32.8 Å². The number of methoxy groups -OCH3 is 1. The Morgan fingerprint density at radius 3 is 2.33 bits per heavy atom. The minimum atomic E-state index is -0.189. The lowest BCUT2D eigenvalue weighted by atomic mass is 9.43. The molecule has 0 radical (unpaired) electrons. The molecule has 0 unspecified atom stereocenters. The summed E-state index contributed by atoms with van der Waals surface area (Å²) < 4.78 is 18.1. The van der Waals surface area contributed by atoms with E-state index in [0.717, 1.165) is 37.9 Å². The van der Waals surface area contributed by atoms with E-state index < -0.39 is 0 Å². The van der Waals surface area contributed by atoms with E-state index >= 15 is 0 Å². The van der Waals surface area contributed by atoms with Gasteiger partial charge >= 0.3 is 11.9 Å². The van der Waals surface area contributed by atoms with Crippen molar-refractivity contribution in [3.8, 4) is 5.75 Å². The van der Waals surface area contributed by atoms with Crippen molar-refractivity contribution >= 4 is 11.9 Å². The zero-order valence-corrected chi connectivity index (χ0v) is 26.5.